The summed E-state index contributed by atoms with van der Waals surface area (Å²) < 4.78 is 4.96. The molecule has 1 fully saturated rings. The molecule has 2 rings (SSSR count). The van der Waals surface area contributed by atoms with Crippen molar-refractivity contribution >= 4 is 17.4 Å². The third-order valence-corrected chi connectivity index (χ3v) is 3.36. The number of para-hydroxylation sites is 1. The van der Waals surface area contributed by atoms with E-state index in [-0.39, 0.29) is 17.8 Å². The second kappa shape index (κ2) is 6.36. The molecule has 0 aromatic heterocycles. The van der Waals surface area contributed by atoms with Gasteiger partial charge in [0.2, 0.25) is 0 Å². The van der Waals surface area contributed by atoms with Gasteiger partial charge in [0.05, 0.1) is 12.6 Å². The first-order chi connectivity index (χ1) is 9.22. The molecule has 2 unspecified atom stereocenters. The Morgan fingerprint density at radius 1 is 1.32 bits per heavy atom. The number of esters is 1. The molecule has 1 aromatic carbocycles. The van der Waals surface area contributed by atoms with Crippen LogP contribution in [0.25, 0.3) is 0 Å². The summed E-state index contributed by atoms with van der Waals surface area (Å²) in [7, 11) is 0. The van der Waals surface area contributed by atoms with Crippen molar-refractivity contribution in [3.8, 4) is 0 Å². The lowest BCUT2D eigenvalue weighted by atomic mass is 9.84. The average Bonchev–Trinajstić information content (AvgIpc) is 2.42. The summed E-state index contributed by atoms with van der Waals surface area (Å²) in [6.45, 7) is 2.07. The number of ketones is 1. The van der Waals surface area contributed by atoms with E-state index in [1.807, 2.05) is 30.3 Å². The number of carbonyl (C=O) groups excluding carboxylic acids is 2. The molecule has 0 radical (unpaired) electrons. The van der Waals surface area contributed by atoms with Crippen LogP contribution in [0.3, 0.4) is 0 Å². The van der Waals surface area contributed by atoms with E-state index < -0.39 is 5.92 Å². The first-order valence-corrected chi connectivity index (χ1v) is 6.74. The zero-order valence-electron chi connectivity index (χ0n) is 11.1. The van der Waals surface area contributed by atoms with Gasteiger partial charge < -0.3 is 10.1 Å². The highest BCUT2D eigenvalue weighted by molar-refractivity contribution is 6.03. The van der Waals surface area contributed by atoms with Gasteiger partial charge in [-0.1, -0.05) is 18.2 Å². The highest BCUT2D eigenvalue weighted by atomic mass is 16.5. The van der Waals surface area contributed by atoms with Gasteiger partial charge in [-0.2, -0.15) is 0 Å². The molecule has 4 nitrogen and oxygen atoms in total. The van der Waals surface area contributed by atoms with Gasteiger partial charge in [-0.3, -0.25) is 9.59 Å². The van der Waals surface area contributed by atoms with E-state index in [1.54, 1.807) is 6.92 Å². The zero-order valence-corrected chi connectivity index (χ0v) is 11.1. The lowest BCUT2D eigenvalue weighted by Crippen LogP contribution is -2.42. The molecule has 0 aliphatic heterocycles. The number of rotatable bonds is 4. The molecule has 1 N–H and O–H groups in total. The van der Waals surface area contributed by atoms with E-state index in [0.717, 1.165) is 18.5 Å². The van der Waals surface area contributed by atoms with Crippen molar-refractivity contribution in [1.82, 2.24) is 0 Å². The van der Waals surface area contributed by atoms with Gasteiger partial charge in [-0.25, -0.2) is 0 Å². The van der Waals surface area contributed by atoms with Crippen LogP contribution < -0.4 is 5.32 Å². The molecule has 0 spiro atoms. The predicted octanol–water partition coefficient (Wildman–Crippen LogP) is 2.40. The summed E-state index contributed by atoms with van der Waals surface area (Å²) in [4.78, 5) is 24.0. The first kappa shape index (κ1) is 13.6. The smallest absolute Gasteiger partial charge is 0.316 e. The molecule has 19 heavy (non-hydrogen) atoms. The molecule has 1 aliphatic carbocycles. The van der Waals surface area contributed by atoms with Gasteiger partial charge in [0.1, 0.15) is 5.92 Å². The van der Waals surface area contributed by atoms with Crippen molar-refractivity contribution in [3.05, 3.63) is 30.3 Å². The van der Waals surface area contributed by atoms with Crippen LogP contribution in [0.4, 0.5) is 5.69 Å². The van der Waals surface area contributed by atoms with Crippen LogP contribution in [0.2, 0.25) is 0 Å². The van der Waals surface area contributed by atoms with E-state index in [0.29, 0.717) is 13.0 Å². The summed E-state index contributed by atoms with van der Waals surface area (Å²) in [5.41, 5.74) is 0.908. The standard InChI is InChI=1S/C15H19NO3/c1-2-19-15(18)12-9-6-10-13(14(12)17)16-11-7-4-3-5-8-11/h3-5,7-8,12-13,16H,2,6,9-10H2,1H3. The molecule has 1 aromatic rings. The quantitative estimate of drug-likeness (QED) is 0.668. The number of Topliss-reactive ketones (excluding diaryl/α,β-unsaturated/α-hetero) is 1. The van der Waals surface area contributed by atoms with E-state index in [2.05, 4.69) is 5.32 Å². The number of anilines is 1. The fourth-order valence-electron chi connectivity index (χ4n) is 2.41. The van der Waals surface area contributed by atoms with E-state index in [1.165, 1.54) is 0 Å². The Hall–Kier alpha value is -1.84. The minimum Gasteiger partial charge on any atom is -0.465 e. The number of benzene rings is 1. The summed E-state index contributed by atoms with van der Waals surface area (Å²) in [6, 6.07) is 9.31. The van der Waals surface area contributed by atoms with Crippen LogP contribution in [-0.2, 0) is 14.3 Å². The van der Waals surface area contributed by atoms with Crippen LogP contribution in [-0.4, -0.2) is 24.4 Å². The number of hydrogen-bond donors (Lipinski definition) is 1. The molecule has 1 saturated carbocycles. The Labute approximate surface area is 113 Å². The lowest BCUT2D eigenvalue weighted by Gasteiger charge is -2.27. The molecule has 0 bridgehead atoms. The SMILES string of the molecule is CCOC(=O)C1CCCC(Nc2ccccc2)C1=O. The Morgan fingerprint density at radius 3 is 2.74 bits per heavy atom. The van der Waals surface area contributed by atoms with Gasteiger partial charge >= 0.3 is 5.97 Å². The Bertz CT molecular complexity index is 444. The molecule has 102 valence electrons. The molecule has 1 aliphatic rings. The monoisotopic (exact) mass is 261 g/mol. The second-order valence-electron chi connectivity index (χ2n) is 4.70. The number of hydrogen-bond acceptors (Lipinski definition) is 4. The topological polar surface area (TPSA) is 55.4 Å². The molecule has 0 heterocycles. The van der Waals surface area contributed by atoms with Crippen molar-refractivity contribution in [2.75, 3.05) is 11.9 Å². The summed E-state index contributed by atoms with van der Waals surface area (Å²) in [6.07, 6.45) is 2.23. The van der Waals surface area contributed by atoms with Gasteiger partial charge in [0.15, 0.2) is 5.78 Å². The Balaban J connectivity index is 2.02. The minimum atomic E-state index is -0.602. The number of carbonyl (C=O) groups is 2. The number of ether oxygens (including phenoxy) is 1. The molecule has 4 heteroatoms. The number of nitrogens with one attached hydrogen (secondary N) is 1. The lowest BCUT2D eigenvalue weighted by molar-refractivity contribution is -0.153. The summed E-state index contributed by atoms with van der Waals surface area (Å²) in [5, 5.41) is 3.20. The maximum Gasteiger partial charge on any atom is 0.316 e. The first-order valence-electron chi connectivity index (χ1n) is 6.74. The van der Waals surface area contributed by atoms with E-state index in [4.69, 9.17) is 4.74 Å². The van der Waals surface area contributed by atoms with Crippen LogP contribution in [0.1, 0.15) is 26.2 Å². The molecule has 2 atom stereocenters. The van der Waals surface area contributed by atoms with Crippen molar-refractivity contribution in [3.63, 3.8) is 0 Å². The van der Waals surface area contributed by atoms with Crippen LogP contribution in [0, 0.1) is 5.92 Å². The summed E-state index contributed by atoms with van der Waals surface area (Å²) >= 11 is 0. The van der Waals surface area contributed by atoms with E-state index in [9.17, 15) is 9.59 Å². The normalized spacial score (nSPS) is 22.9. The highest BCUT2D eigenvalue weighted by Gasteiger charge is 2.36. The van der Waals surface area contributed by atoms with Crippen molar-refractivity contribution < 1.29 is 14.3 Å². The summed E-state index contributed by atoms with van der Waals surface area (Å²) in [5.74, 6) is -1.03. The van der Waals surface area contributed by atoms with Gasteiger partial charge in [-0.05, 0) is 38.3 Å². The minimum absolute atomic E-state index is 0.0476. The third-order valence-electron chi connectivity index (χ3n) is 3.36. The largest absolute Gasteiger partial charge is 0.465 e. The van der Waals surface area contributed by atoms with Crippen LogP contribution in [0.5, 0.6) is 0 Å². The highest BCUT2D eigenvalue weighted by Crippen LogP contribution is 2.25. The van der Waals surface area contributed by atoms with Gasteiger partial charge in [0.25, 0.3) is 0 Å². The second-order valence-corrected chi connectivity index (χ2v) is 4.70. The third kappa shape index (κ3) is 3.34. The maximum absolute atomic E-state index is 12.3. The average molecular weight is 261 g/mol. The molecular formula is C15H19NO3. The fraction of sp³-hybridized carbons (Fsp3) is 0.467. The van der Waals surface area contributed by atoms with Crippen molar-refractivity contribution in [2.24, 2.45) is 5.92 Å². The van der Waals surface area contributed by atoms with Gasteiger partial charge in [0, 0.05) is 5.69 Å². The maximum atomic E-state index is 12.3. The molecular weight excluding hydrogens is 242 g/mol. The molecule has 0 saturated heterocycles. The molecule has 0 amide bonds. The van der Waals surface area contributed by atoms with Crippen LogP contribution >= 0.6 is 0 Å². The van der Waals surface area contributed by atoms with Gasteiger partial charge in [-0.15, -0.1) is 0 Å². The zero-order chi connectivity index (χ0) is 13.7. The van der Waals surface area contributed by atoms with E-state index >= 15 is 0 Å². The Morgan fingerprint density at radius 2 is 2.05 bits per heavy atom. The van der Waals surface area contributed by atoms with Crippen LogP contribution in [0.15, 0.2) is 30.3 Å². The van der Waals surface area contributed by atoms with Crippen molar-refractivity contribution in [1.29, 1.82) is 0 Å². The Kier molecular flexibility index (Phi) is 4.55. The fourth-order valence-corrected chi connectivity index (χ4v) is 2.41. The predicted molar refractivity (Wildman–Crippen MR) is 72.8 cm³/mol. The van der Waals surface area contributed by atoms with Crippen molar-refractivity contribution in [2.45, 2.75) is 32.2 Å².